The van der Waals surface area contributed by atoms with E-state index in [2.05, 4.69) is 19.2 Å². The molecule has 3 aliphatic heterocycles. The van der Waals surface area contributed by atoms with Gasteiger partial charge in [0.2, 0.25) is 6.79 Å². The maximum atomic E-state index is 12.3. The van der Waals surface area contributed by atoms with Crippen molar-refractivity contribution in [2.24, 2.45) is 0 Å². The van der Waals surface area contributed by atoms with E-state index >= 15 is 0 Å². The van der Waals surface area contributed by atoms with Crippen LogP contribution in [0.2, 0.25) is 0 Å². The number of thioether (sulfide) groups is 1. The fourth-order valence-corrected chi connectivity index (χ4v) is 7.94. The SMILES string of the molecule is CC1=C(C(=O)O)N2C(=O)C(NC(=O)COc3ccccc3)[C@H]2SC1.CCCCCCCC[S+]([O-])C(C)Cc1ccc2c(c1)OCO2. The molecule has 12 heteroatoms. The molecule has 1 saturated heterocycles. The van der Waals surface area contributed by atoms with Crippen LogP contribution in [0.4, 0.5) is 0 Å². The van der Waals surface area contributed by atoms with Crippen LogP contribution in [-0.2, 0) is 32.0 Å². The van der Waals surface area contributed by atoms with E-state index < -0.39 is 35.0 Å². The molecule has 46 heavy (non-hydrogen) atoms. The summed E-state index contributed by atoms with van der Waals surface area (Å²) in [5.74, 6) is 1.59. The van der Waals surface area contributed by atoms with E-state index in [4.69, 9.17) is 14.2 Å². The van der Waals surface area contributed by atoms with Gasteiger partial charge in [0.25, 0.3) is 11.8 Å². The van der Waals surface area contributed by atoms with E-state index in [-0.39, 0.29) is 22.9 Å². The molecule has 0 aliphatic carbocycles. The van der Waals surface area contributed by atoms with Gasteiger partial charge < -0.3 is 29.2 Å². The Morgan fingerprint density at radius 2 is 1.83 bits per heavy atom. The molecular formula is C34H44N2O8S2. The molecule has 3 heterocycles. The molecule has 0 spiro atoms. The minimum absolute atomic E-state index is 0.0229. The Morgan fingerprint density at radius 1 is 1.11 bits per heavy atom. The number of carbonyl (C=O) groups excluding carboxylic acids is 2. The van der Waals surface area contributed by atoms with Gasteiger partial charge in [0.05, 0.1) is 0 Å². The molecule has 0 bridgehead atoms. The average Bonchev–Trinajstić information content (AvgIpc) is 3.52. The van der Waals surface area contributed by atoms with E-state index in [0.717, 1.165) is 30.1 Å². The van der Waals surface area contributed by atoms with E-state index in [9.17, 15) is 24.0 Å². The quantitative estimate of drug-likeness (QED) is 0.147. The summed E-state index contributed by atoms with van der Waals surface area (Å²) in [6.07, 6.45) is 8.32. The number of aliphatic carboxylic acids is 1. The summed E-state index contributed by atoms with van der Waals surface area (Å²) in [4.78, 5) is 36.8. The summed E-state index contributed by atoms with van der Waals surface area (Å²) in [7, 11) is 0. The number of para-hydroxylation sites is 1. The largest absolute Gasteiger partial charge is 0.616 e. The van der Waals surface area contributed by atoms with Crippen LogP contribution in [0.5, 0.6) is 17.2 Å². The third kappa shape index (κ3) is 9.59. The number of carbonyl (C=O) groups is 3. The first-order valence-corrected chi connectivity index (χ1v) is 18.2. The van der Waals surface area contributed by atoms with Gasteiger partial charge in [-0.3, -0.25) is 14.5 Å². The Hall–Kier alpha value is -3.35. The van der Waals surface area contributed by atoms with Crippen molar-refractivity contribution >= 4 is 40.7 Å². The fourth-order valence-electron chi connectivity index (χ4n) is 5.37. The molecule has 2 aromatic rings. The van der Waals surface area contributed by atoms with Crippen LogP contribution in [0.25, 0.3) is 0 Å². The van der Waals surface area contributed by atoms with Crippen LogP contribution in [0.3, 0.4) is 0 Å². The van der Waals surface area contributed by atoms with Crippen molar-refractivity contribution in [3.8, 4) is 17.2 Å². The number of hydrogen-bond acceptors (Lipinski definition) is 8. The normalized spacial score (nSPS) is 19.3. The zero-order chi connectivity index (χ0) is 33.1. The smallest absolute Gasteiger partial charge is 0.352 e. The lowest BCUT2D eigenvalue weighted by Crippen LogP contribution is -2.70. The molecule has 1 fully saturated rings. The highest BCUT2D eigenvalue weighted by Gasteiger charge is 2.53. The van der Waals surface area contributed by atoms with E-state index in [1.54, 1.807) is 31.2 Å². The molecule has 0 aromatic heterocycles. The van der Waals surface area contributed by atoms with Crippen molar-refractivity contribution < 1.29 is 38.3 Å². The first-order valence-electron chi connectivity index (χ1n) is 15.8. The molecule has 250 valence electrons. The number of fused-ring (bicyclic) bond motifs is 2. The van der Waals surface area contributed by atoms with E-state index in [1.807, 2.05) is 24.3 Å². The minimum Gasteiger partial charge on any atom is -0.616 e. The van der Waals surface area contributed by atoms with Crippen molar-refractivity contribution in [1.29, 1.82) is 0 Å². The third-order valence-corrected chi connectivity index (χ3v) is 11.1. The lowest BCUT2D eigenvalue weighted by molar-refractivity contribution is -0.150. The minimum atomic E-state index is -1.12. The van der Waals surface area contributed by atoms with Crippen LogP contribution in [0, 0.1) is 0 Å². The molecule has 3 aliphatic rings. The molecule has 3 unspecified atom stereocenters. The second-order valence-corrected chi connectivity index (χ2v) is 14.6. The Bertz CT molecular complexity index is 1370. The number of nitrogens with one attached hydrogen (secondary N) is 1. The third-order valence-electron chi connectivity index (χ3n) is 7.90. The van der Waals surface area contributed by atoms with Crippen molar-refractivity contribution in [2.45, 2.75) is 82.4 Å². The maximum Gasteiger partial charge on any atom is 0.352 e. The van der Waals surface area contributed by atoms with Gasteiger partial charge >= 0.3 is 5.97 Å². The molecule has 0 radical (unpaired) electrons. The number of benzene rings is 2. The monoisotopic (exact) mass is 672 g/mol. The number of carboxylic acids is 1. The predicted molar refractivity (Wildman–Crippen MR) is 179 cm³/mol. The number of β-lactam (4-membered cyclic amide) rings is 1. The molecule has 2 N–H and O–H groups in total. The number of carboxylic acid groups (broad SMARTS) is 1. The second-order valence-electron chi connectivity index (χ2n) is 11.5. The highest BCUT2D eigenvalue weighted by Crippen LogP contribution is 2.40. The summed E-state index contributed by atoms with van der Waals surface area (Å²) in [6.45, 7) is 6.11. The Morgan fingerprint density at radius 3 is 2.57 bits per heavy atom. The molecule has 0 saturated carbocycles. The average molecular weight is 673 g/mol. The topological polar surface area (TPSA) is 137 Å². The summed E-state index contributed by atoms with van der Waals surface area (Å²) in [6, 6.07) is 14.2. The number of rotatable bonds is 15. The van der Waals surface area contributed by atoms with Crippen LogP contribution >= 0.6 is 11.8 Å². The zero-order valence-corrected chi connectivity index (χ0v) is 28.3. The van der Waals surface area contributed by atoms with Gasteiger partial charge in [0, 0.05) is 12.2 Å². The van der Waals surface area contributed by atoms with Gasteiger partial charge in [0.1, 0.15) is 33.9 Å². The highest BCUT2D eigenvalue weighted by atomic mass is 32.2. The van der Waals surface area contributed by atoms with Gasteiger partial charge in [-0.1, -0.05) is 68.0 Å². The van der Waals surface area contributed by atoms with Crippen LogP contribution in [-0.4, -0.2) is 73.9 Å². The van der Waals surface area contributed by atoms with Crippen LogP contribution in [0.1, 0.15) is 64.9 Å². The summed E-state index contributed by atoms with van der Waals surface area (Å²) < 4.78 is 28.4. The van der Waals surface area contributed by atoms with Gasteiger partial charge in [0.15, 0.2) is 18.1 Å². The molecule has 4 atom stereocenters. The summed E-state index contributed by atoms with van der Waals surface area (Å²) in [5.41, 5.74) is 1.84. The molecule has 5 rings (SSSR count). The zero-order valence-electron chi connectivity index (χ0n) is 26.7. The van der Waals surface area contributed by atoms with Gasteiger partial charge in [-0.25, -0.2) is 4.79 Å². The van der Waals surface area contributed by atoms with Crippen molar-refractivity contribution in [3.63, 3.8) is 0 Å². The first-order chi connectivity index (χ1) is 22.2. The second kappa shape index (κ2) is 17.5. The number of unbranched alkanes of at least 4 members (excludes halogenated alkanes) is 5. The summed E-state index contributed by atoms with van der Waals surface area (Å²) in [5, 5.41) is 11.7. The predicted octanol–water partition coefficient (Wildman–Crippen LogP) is 5.28. The number of nitrogens with zero attached hydrogens (tertiary/aromatic N) is 1. The summed E-state index contributed by atoms with van der Waals surface area (Å²) >= 11 is 0.696. The van der Waals surface area contributed by atoms with Crippen molar-refractivity contribution in [3.05, 3.63) is 65.4 Å². The standard InChI is InChI=1S/C18H28O3S.C16H16N2O5S/c1-3-4-5-6-7-8-11-22(19)15(2)12-16-9-10-17-18(13-16)21-14-20-17;1-9-8-24-15-12(14(20)18(15)13(9)16(21)22)17-11(19)7-23-10-5-3-2-4-6-10/h9-10,13,15H,3-8,11-12,14H2,1-2H3;2-6,12,15H,7-8H2,1H3,(H,17,19)(H,21,22)/t;12?,15-/m.1/s1. The van der Waals surface area contributed by atoms with Gasteiger partial charge in [-0.2, -0.15) is 0 Å². The van der Waals surface area contributed by atoms with Gasteiger partial charge in [-0.15, -0.1) is 11.8 Å². The molecule has 10 nitrogen and oxygen atoms in total. The Kier molecular flexibility index (Phi) is 13.5. The number of ether oxygens (including phenoxy) is 3. The van der Waals surface area contributed by atoms with Crippen molar-refractivity contribution in [2.75, 3.05) is 24.9 Å². The fraction of sp³-hybridized carbons (Fsp3) is 0.500. The Labute approximate surface area is 278 Å². The van der Waals surface area contributed by atoms with Crippen LogP contribution < -0.4 is 19.5 Å². The van der Waals surface area contributed by atoms with E-state index in [0.29, 0.717) is 23.9 Å². The van der Waals surface area contributed by atoms with E-state index in [1.165, 1.54) is 54.3 Å². The van der Waals surface area contributed by atoms with Crippen LogP contribution in [0.15, 0.2) is 59.8 Å². The molecule has 2 amide bonds. The molecule has 2 aromatic carbocycles. The lowest BCUT2D eigenvalue weighted by Gasteiger charge is -2.49. The number of amides is 2. The Balaban J connectivity index is 0.000000210. The number of hydrogen-bond donors (Lipinski definition) is 2. The highest BCUT2D eigenvalue weighted by molar-refractivity contribution is 8.00. The van der Waals surface area contributed by atoms with Crippen molar-refractivity contribution in [1.82, 2.24) is 10.2 Å². The first kappa shape index (κ1) is 35.5. The maximum absolute atomic E-state index is 12.3. The van der Waals surface area contributed by atoms with Gasteiger partial charge in [-0.05, 0) is 62.1 Å². The molecular weight excluding hydrogens is 629 g/mol. The lowest BCUT2D eigenvalue weighted by atomic mass is 10.0.